The second kappa shape index (κ2) is 10.3. The zero-order valence-electron chi connectivity index (χ0n) is 10.2. The maximum Gasteiger partial charge on any atom is 0.0856 e. The molecule has 0 aliphatic heterocycles. The Hall–Kier alpha value is -2.22. The van der Waals surface area contributed by atoms with Crippen molar-refractivity contribution in [2.24, 2.45) is 10.2 Å². The smallest absolute Gasteiger partial charge is 0.0856 e. The monoisotopic (exact) mass is 226 g/mol. The average Bonchev–Trinajstić information content (AvgIpc) is 2.33. The quantitative estimate of drug-likeness (QED) is 0.436. The molecule has 2 heteroatoms. The van der Waals surface area contributed by atoms with Gasteiger partial charge in [-0.3, -0.25) is 0 Å². The maximum atomic E-state index is 4.10. The molecular formula is C15H18N2. The van der Waals surface area contributed by atoms with Gasteiger partial charge in [0.2, 0.25) is 0 Å². The van der Waals surface area contributed by atoms with Gasteiger partial charge >= 0.3 is 0 Å². The molecule has 0 radical (unpaired) electrons. The van der Waals surface area contributed by atoms with E-state index in [1.807, 2.05) is 19.1 Å². The minimum Gasteiger partial charge on any atom is -0.151 e. The molecule has 0 amide bonds. The fourth-order valence-electron chi connectivity index (χ4n) is 0.939. The summed E-state index contributed by atoms with van der Waals surface area (Å²) in [5.41, 5.74) is 1.45. The van der Waals surface area contributed by atoms with Crippen molar-refractivity contribution in [3.05, 3.63) is 85.8 Å². The third kappa shape index (κ3) is 7.68. The molecule has 0 unspecified atom stereocenters. The highest BCUT2D eigenvalue weighted by Gasteiger charge is 1.88. The Labute approximate surface area is 103 Å². The van der Waals surface area contributed by atoms with Gasteiger partial charge in [-0.05, 0) is 31.2 Å². The zero-order valence-corrected chi connectivity index (χ0v) is 10.2. The van der Waals surface area contributed by atoms with Gasteiger partial charge in [0, 0.05) is 0 Å². The van der Waals surface area contributed by atoms with Crippen LogP contribution in [0.3, 0.4) is 0 Å². The van der Waals surface area contributed by atoms with Crippen molar-refractivity contribution in [3.63, 3.8) is 0 Å². The van der Waals surface area contributed by atoms with E-state index in [9.17, 15) is 0 Å². The molecule has 0 aromatic heterocycles. The van der Waals surface area contributed by atoms with Gasteiger partial charge in [0.1, 0.15) is 0 Å². The Bertz CT molecular complexity index is 405. The van der Waals surface area contributed by atoms with Crippen LogP contribution >= 0.6 is 0 Å². The van der Waals surface area contributed by atoms with Gasteiger partial charge < -0.3 is 0 Å². The maximum absolute atomic E-state index is 4.10. The molecular weight excluding hydrogens is 208 g/mol. The molecule has 0 fully saturated rings. The van der Waals surface area contributed by atoms with E-state index < -0.39 is 0 Å². The van der Waals surface area contributed by atoms with Gasteiger partial charge in [-0.1, -0.05) is 50.1 Å². The topological polar surface area (TPSA) is 24.7 Å². The molecule has 0 atom stereocenters. The lowest BCUT2D eigenvalue weighted by atomic mass is 10.3. The van der Waals surface area contributed by atoms with E-state index >= 15 is 0 Å². The van der Waals surface area contributed by atoms with Crippen molar-refractivity contribution in [2.45, 2.75) is 6.92 Å². The molecule has 0 bridgehead atoms. The Morgan fingerprint density at radius 2 is 1.35 bits per heavy atom. The lowest BCUT2D eigenvalue weighted by Gasteiger charge is -1.92. The fourth-order valence-corrected chi connectivity index (χ4v) is 0.939. The Morgan fingerprint density at radius 3 is 1.76 bits per heavy atom. The van der Waals surface area contributed by atoms with Gasteiger partial charge in [0.05, 0.1) is 11.4 Å². The predicted molar refractivity (Wildman–Crippen MR) is 75.6 cm³/mol. The standard InChI is InChI=1S/C15H18N2/c1-5-9-13-15(12-8-4)17-16-14(10-6-2)11-7-3/h5-13H,1-2,4H2,3H3/b11-7-,13-9-,14-10+,15-12+,17-16+. The SMILES string of the molecule is C=C\C=C/C(=C\C=C)/N=N/C(/C=C\C)=C/C=C. The Kier molecular flexibility index (Phi) is 8.96. The van der Waals surface area contributed by atoms with E-state index in [-0.39, 0.29) is 0 Å². The molecule has 0 aromatic rings. The lowest BCUT2D eigenvalue weighted by Crippen LogP contribution is -1.73. The summed E-state index contributed by atoms with van der Waals surface area (Å²) in [5, 5.41) is 8.20. The van der Waals surface area contributed by atoms with E-state index in [0.717, 1.165) is 5.70 Å². The first kappa shape index (κ1) is 14.8. The molecule has 0 rings (SSSR count). The van der Waals surface area contributed by atoms with Crippen molar-refractivity contribution in [1.29, 1.82) is 0 Å². The van der Waals surface area contributed by atoms with E-state index in [0.29, 0.717) is 5.70 Å². The number of hydrogen-bond donors (Lipinski definition) is 0. The van der Waals surface area contributed by atoms with Crippen molar-refractivity contribution >= 4 is 0 Å². The summed E-state index contributed by atoms with van der Waals surface area (Å²) in [7, 11) is 0. The van der Waals surface area contributed by atoms with Crippen LogP contribution in [-0.2, 0) is 0 Å². The number of nitrogens with zero attached hydrogens (tertiary/aromatic N) is 2. The normalized spacial score (nSPS) is 13.7. The first-order chi connectivity index (χ1) is 8.28. The van der Waals surface area contributed by atoms with Gasteiger partial charge in [-0.15, -0.1) is 0 Å². The molecule has 0 N–H and O–H groups in total. The first-order valence-corrected chi connectivity index (χ1v) is 5.27. The van der Waals surface area contributed by atoms with E-state index in [2.05, 4.69) is 30.0 Å². The third-order valence-electron chi connectivity index (χ3n) is 1.60. The first-order valence-electron chi connectivity index (χ1n) is 5.27. The van der Waals surface area contributed by atoms with E-state index in [1.165, 1.54) is 0 Å². The molecule has 0 heterocycles. The molecule has 0 saturated carbocycles. The Morgan fingerprint density at radius 1 is 0.824 bits per heavy atom. The van der Waals surface area contributed by atoms with Gasteiger partial charge in [0.25, 0.3) is 0 Å². The van der Waals surface area contributed by atoms with Gasteiger partial charge in [-0.25, -0.2) is 0 Å². The predicted octanol–water partition coefficient (Wildman–Crippen LogP) is 4.90. The molecule has 0 aromatic carbocycles. The molecule has 17 heavy (non-hydrogen) atoms. The minimum atomic E-state index is 0.708. The van der Waals surface area contributed by atoms with Crippen LogP contribution in [0.1, 0.15) is 6.92 Å². The molecule has 0 spiro atoms. The summed E-state index contributed by atoms with van der Waals surface area (Å²) in [4.78, 5) is 0. The van der Waals surface area contributed by atoms with Crippen LogP contribution in [0.5, 0.6) is 0 Å². The largest absolute Gasteiger partial charge is 0.151 e. The Balaban J connectivity index is 4.96. The third-order valence-corrected chi connectivity index (χ3v) is 1.60. The summed E-state index contributed by atoms with van der Waals surface area (Å²) in [6.07, 6.45) is 15.9. The van der Waals surface area contributed by atoms with Gasteiger partial charge in [-0.2, -0.15) is 10.2 Å². The van der Waals surface area contributed by atoms with Crippen molar-refractivity contribution in [1.82, 2.24) is 0 Å². The zero-order chi connectivity index (χ0) is 12.9. The highest BCUT2D eigenvalue weighted by Crippen LogP contribution is 2.07. The second-order valence-electron chi connectivity index (χ2n) is 2.95. The van der Waals surface area contributed by atoms with Crippen molar-refractivity contribution in [3.8, 4) is 0 Å². The average molecular weight is 226 g/mol. The number of hydrogen-bond acceptors (Lipinski definition) is 2. The summed E-state index contributed by atoms with van der Waals surface area (Å²) in [6.45, 7) is 12.8. The van der Waals surface area contributed by atoms with Crippen LogP contribution in [0, 0.1) is 0 Å². The number of allylic oxidation sites excluding steroid dienone is 9. The highest BCUT2D eigenvalue weighted by molar-refractivity contribution is 5.25. The molecule has 0 aliphatic rings. The minimum absolute atomic E-state index is 0.708. The lowest BCUT2D eigenvalue weighted by molar-refractivity contribution is 1.12. The van der Waals surface area contributed by atoms with Crippen LogP contribution in [0.4, 0.5) is 0 Å². The van der Waals surface area contributed by atoms with E-state index in [4.69, 9.17) is 0 Å². The van der Waals surface area contributed by atoms with Crippen LogP contribution in [0.25, 0.3) is 0 Å². The molecule has 88 valence electrons. The van der Waals surface area contributed by atoms with Gasteiger partial charge in [0.15, 0.2) is 0 Å². The van der Waals surface area contributed by atoms with Crippen LogP contribution in [0.15, 0.2) is 96.0 Å². The summed E-state index contributed by atoms with van der Waals surface area (Å²) >= 11 is 0. The number of azo groups is 1. The van der Waals surface area contributed by atoms with Crippen LogP contribution in [0.2, 0.25) is 0 Å². The van der Waals surface area contributed by atoms with Crippen LogP contribution in [-0.4, -0.2) is 0 Å². The van der Waals surface area contributed by atoms with Crippen molar-refractivity contribution < 1.29 is 0 Å². The van der Waals surface area contributed by atoms with Crippen molar-refractivity contribution in [2.75, 3.05) is 0 Å². The molecule has 2 nitrogen and oxygen atoms in total. The molecule has 0 saturated heterocycles. The fraction of sp³-hybridized carbons (Fsp3) is 0.0667. The van der Waals surface area contributed by atoms with Crippen LogP contribution < -0.4 is 0 Å². The summed E-state index contributed by atoms with van der Waals surface area (Å²) in [5.74, 6) is 0. The highest BCUT2D eigenvalue weighted by atomic mass is 15.1. The summed E-state index contributed by atoms with van der Waals surface area (Å²) < 4.78 is 0. The molecule has 0 aliphatic carbocycles. The second-order valence-corrected chi connectivity index (χ2v) is 2.95. The summed E-state index contributed by atoms with van der Waals surface area (Å²) in [6, 6.07) is 0. The number of rotatable bonds is 7. The van der Waals surface area contributed by atoms with E-state index in [1.54, 1.807) is 42.5 Å².